The summed E-state index contributed by atoms with van der Waals surface area (Å²) < 4.78 is 5.55. The van der Waals surface area contributed by atoms with E-state index in [0.29, 0.717) is 12.5 Å². The molecule has 0 radical (unpaired) electrons. The number of amides is 1. The number of hydrogen-bond acceptors (Lipinski definition) is 3. The van der Waals surface area contributed by atoms with Gasteiger partial charge in [0.2, 0.25) is 5.91 Å². The fourth-order valence-electron chi connectivity index (χ4n) is 1.97. The van der Waals surface area contributed by atoms with E-state index in [1.807, 2.05) is 30.3 Å². The number of aliphatic imine (C=N–C) groups is 1. The molecule has 2 N–H and O–H groups in total. The molecule has 148 valence electrons. The summed E-state index contributed by atoms with van der Waals surface area (Å²) in [6.07, 6.45) is 3.15. The lowest BCUT2D eigenvalue weighted by Gasteiger charge is -2.15. The summed E-state index contributed by atoms with van der Waals surface area (Å²) in [6, 6.07) is 10.0. The van der Waals surface area contributed by atoms with Gasteiger partial charge in [-0.3, -0.25) is 4.79 Å². The molecular formula is C19H33IN4O2. The van der Waals surface area contributed by atoms with E-state index < -0.39 is 0 Å². The van der Waals surface area contributed by atoms with Crippen LogP contribution in [0.3, 0.4) is 0 Å². The van der Waals surface area contributed by atoms with E-state index >= 15 is 0 Å². The summed E-state index contributed by atoms with van der Waals surface area (Å²) in [4.78, 5) is 17.9. The van der Waals surface area contributed by atoms with Crippen molar-refractivity contribution in [2.75, 3.05) is 40.4 Å². The van der Waals surface area contributed by atoms with Crippen LogP contribution in [0.4, 0.5) is 0 Å². The van der Waals surface area contributed by atoms with E-state index in [1.165, 1.54) is 0 Å². The number of carbonyl (C=O) groups excluding carboxylic acids is 1. The minimum atomic E-state index is 0. The van der Waals surface area contributed by atoms with Crippen molar-refractivity contribution < 1.29 is 9.53 Å². The van der Waals surface area contributed by atoms with Crippen molar-refractivity contribution in [1.82, 2.24) is 15.5 Å². The number of unbranched alkanes of at least 4 members (excludes halogenated alkanes) is 1. The van der Waals surface area contributed by atoms with Gasteiger partial charge in [-0.15, -0.1) is 24.0 Å². The Morgan fingerprint density at radius 1 is 1.12 bits per heavy atom. The molecule has 0 fully saturated rings. The zero-order valence-corrected chi connectivity index (χ0v) is 18.5. The van der Waals surface area contributed by atoms with Gasteiger partial charge in [0.05, 0.1) is 13.1 Å². The number of hydrogen-bond donors (Lipinski definition) is 2. The van der Waals surface area contributed by atoms with Crippen LogP contribution in [0.25, 0.3) is 0 Å². The quantitative estimate of drug-likeness (QED) is 0.223. The molecule has 7 heteroatoms. The minimum Gasteiger partial charge on any atom is -0.381 e. The Morgan fingerprint density at radius 3 is 2.46 bits per heavy atom. The van der Waals surface area contributed by atoms with Crippen molar-refractivity contribution in [3.05, 3.63) is 35.9 Å². The Labute approximate surface area is 174 Å². The van der Waals surface area contributed by atoms with Gasteiger partial charge in [-0.1, -0.05) is 43.7 Å². The molecule has 1 rings (SSSR count). The molecule has 26 heavy (non-hydrogen) atoms. The first-order chi connectivity index (χ1) is 12.1. The molecule has 0 atom stereocenters. The van der Waals surface area contributed by atoms with Crippen LogP contribution in [0.5, 0.6) is 0 Å². The van der Waals surface area contributed by atoms with Crippen LogP contribution >= 0.6 is 24.0 Å². The predicted octanol–water partition coefficient (Wildman–Crippen LogP) is 2.63. The summed E-state index contributed by atoms with van der Waals surface area (Å²) in [6.45, 7) is 5.25. The zero-order chi connectivity index (χ0) is 18.3. The highest BCUT2D eigenvalue weighted by Crippen LogP contribution is 1.99. The number of likely N-dealkylation sites (N-methyl/N-ethyl adjacent to an activating group) is 1. The molecule has 0 bridgehead atoms. The topological polar surface area (TPSA) is 66.0 Å². The molecule has 0 heterocycles. The molecule has 1 aromatic rings. The Bertz CT molecular complexity index is 510. The lowest BCUT2D eigenvalue weighted by Crippen LogP contribution is -2.43. The van der Waals surface area contributed by atoms with Gasteiger partial charge in [-0.05, 0) is 18.4 Å². The van der Waals surface area contributed by atoms with Crippen molar-refractivity contribution >= 4 is 35.8 Å². The molecule has 0 aliphatic heterocycles. The molecule has 1 amide bonds. The second kappa shape index (κ2) is 15.9. The Morgan fingerprint density at radius 2 is 1.81 bits per heavy atom. The van der Waals surface area contributed by atoms with Gasteiger partial charge < -0.3 is 20.3 Å². The molecule has 0 saturated carbocycles. The lowest BCUT2D eigenvalue weighted by molar-refractivity contribution is -0.127. The van der Waals surface area contributed by atoms with E-state index in [1.54, 1.807) is 19.0 Å². The molecule has 0 saturated heterocycles. The van der Waals surface area contributed by atoms with Gasteiger partial charge in [-0.25, -0.2) is 4.99 Å². The van der Waals surface area contributed by atoms with Gasteiger partial charge in [0.1, 0.15) is 0 Å². The van der Waals surface area contributed by atoms with E-state index in [4.69, 9.17) is 4.74 Å². The molecule has 0 aromatic heterocycles. The number of halogens is 1. The third-order valence-electron chi connectivity index (χ3n) is 3.57. The molecule has 0 unspecified atom stereocenters. The van der Waals surface area contributed by atoms with E-state index in [2.05, 4.69) is 22.5 Å². The minimum absolute atomic E-state index is 0. The Balaban J connectivity index is 0.00000625. The van der Waals surface area contributed by atoms with Crippen molar-refractivity contribution in [2.24, 2.45) is 4.99 Å². The second-order valence-electron chi connectivity index (χ2n) is 6.04. The van der Waals surface area contributed by atoms with Gasteiger partial charge in [0.15, 0.2) is 5.96 Å². The van der Waals surface area contributed by atoms with Gasteiger partial charge >= 0.3 is 0 Å². The molecular weight excluding hydrogens is 443 g/mol. The van der Waals surface area contributed by atoms with Crippen LogP contribution < -0.4 is 10.6 Å². The summed E-state index contributed by atoms with van der Waals surface area (Å²) in [5.74, 6) is 0.657. The Hall–Kier alpha value is -1.35. The van der Waals surface area contributed by atoms with E-state index in [0.717, 1.165) is 44.6 Å². The fourth-order valence-corrected chi connectivity index (χ4v) is 1.97. The molecule has 6 nitrogen and oxygen atoms in total. The van der Waals surface area contributed by atoms with Crippen LogP contribution in [0.15, 0.2) is 35.3 Å². The highest BCUT2D eigenvalue weighted by Gasteiger charge is 2.05. The average molecular weight is 476 g/mol. The number of ether oxygens (including phenoxy) is 1. The zero-order valence-electron chi connectivity index (χ0n) is 16.2. The maximum atomic E-state index is 11.8. The fraction of sp³-hybridized carbons (Fsp3) is 0.579. The smallest absolute Gasteiger partial charge is 0.241 e. The standard InChI is InChI=1S/C19H32N4O2.HI/c1-4-5-13-25-14-9-12-20-19(22-16-18(24)23(2)3)21-15-17-10-7-6-8-11-17;/h6-8,10-11H,4-5,9,12-16H2,1-3H3,(H2,20,21,22);1H. The number of nitrogens with zero attached hydrogens (tertiary/aromatic N) is 2. The number of nitrogens with one attached hydrogen (secondary N) is 2. The first-order valence-corrected chi connectivity index (χ1v) is 8.97. The molecule has 1 aromatic carbocycles. The average Bonchev–Trinajstić information content (AvgIpc) is 2.63. The van der Waals surface area contributed by atoms with Crippen LogP contribution in [0.2, 0.25) is 0 Å². The van der Waals surface area contributed by atoms with Gasteiger partial charge in [0.25, 0.3) is 0 Å². The normalized spacial score (nSPS) is 10.8. The second-order valence-corrected chi connectivity index (χ2v) is 6.04. The van der Waals surface area contributed by atoms with Crippen LogP contribution in [-0.2, 0) is 16.1 Å². The lowest BCUT2D eigenvalue weighted by atomic mass is 10.2. The largest absolute Gasteiger partial charge is 0.381 e. The third kappa shape index (κ3) is 12.1. The first kappa shape index (κ1) is 24.7. The van der Waals surface area contributed by atoms with Crippen molar-refractivity contribution in [1.29, 1.82) is 0 Å². The molecule has 0 aliphatic rings. The van der Waals surface area contributed by atoms with E-state index in [9.17, 15) is 4.79 Å². The summed E-state index contributed by atoms with van der Waals surface area (Å²) in [5.41, 5.74) is 1.13. The van der Waals surface area contributed by atoms with Gasteiger partial charge in [0, 0.05) is 33.9 Å². The first-order valence-electron chi connectivity index (χ1n) is 8.97. The number of carbonyl (C=O) groups is 1. The van der Waals surface area contributed by atoms with Crippen LogP contribution in [-0.4, -0.2) is 57.2 Å². The number of rotatable bonds is 11. The van der Waals surface area contributed by atoms with Crippen LogP contribution in [0.1, 0.15) is 31.7 Å². The van der Waals surface area contributed by atoms with Crippen LogP contribution in [0, 0.1) is 0 Å². The highest BCUT2D eigenvalue weighted by molar-refractivity contribution is 14.0. The summed E-state index contributed by atoms with van der Waals surface area (Å²) >= 11 is 0. The van der Waals surface area contributed by atoms with Crippen molar-refractivity contribution in [3.63, 3.8) is 0 Å². The number of benzene rings is 1. The summed E-state index contributed by atoms with van der Waals surface area (Å²) in [7, 11) is 3.48. The van der Waals surface area contributed by atoms with E-state index in [-0.39, 0.29) is 36.4 Å². The third-order valence-corrected chi connectivity index (χ3v) is 3.57. The van der Waals surface area contributed by atoms with Crippen molar-refractivity contribution in [3.8, 4) is 0 Å². The monoisotopic (exact) mass is 476 g/mol. The van der Waals surface area contributed by atoms with Gasteiger partial charge in [-0.2, -0.15) is 0 Å². The maximum Gasteiger partial charge on any atom is 0.241 e. The molecule has 0 spiro atoms. The Kier molecular flexibility index (Phi) is 15.0. The highest BCUT2D eigenvalue weighted by atomic mass is 127. The van der Waals surface area contributed by atoms with Crippen molar-refractivity contribution in [2.45, 2.75) is 32.7 Å². The number of guanidine groups is 1. The maximum absolute atomic E-state index is 11.8. The molecule has 0 aliphatic carbocycles. The summed E-state index contributed by atoms with van der Waals surface area (Å²) in [5, 5.41) is 6.35. The SMILES string of the molecule is CCCCOCCCNC(=NCc1ccccc1)NCC(=O)N(C)C.I. The predicted molar refractivity (Wildman–Crippen MR) is 118 cm³/mol.